The van der Waals surface area contributed by atoms with Gasteiger partial charge in [0.15, 0.2) is 0 Å². The van der Waals surface area contributed by atoms with Crippen LogP contribution in [0.4, 0.5) is 0 Å². The van der Waals surface area contributed by atoms with Crippen molar-refractivity contribution in [3.8, 4) is 0 Å². The summed E-state index contributed by atoms with van der Waals surface area (Å²) >= 11 is 0. The van der Waals surface area contributed by atoms with Crippen molar-refractivity contribution in [2.75, 3.05) is 6.61 Å². The fourth-order valence-electron chi connectivity index (χ4n) is 4.91. The molecule has 3 aliphatic rings. The van der Waals surface area contributed by atoms with Crippen molar-refractivity contribution in [3.05, 3.63) is 47.5 Å². The van der Waals surface area contributed by atoms with Crippen LogP contribution in [-0.4, -0.2) is 18.5 Å². The quantitative estimate of drug-likeness (QED) is 0.762. The average molecular weight is 356 g/mol. The predicted octanol–water partition coefficient (Wildman–Crippen LogP) is 4.12. The first-order chi connectivity index (χ1) is 12.5. The maximum absolute atomic E-state index is 13.1. The molecule has 5 heteroatoms. The van der Waals surface area contributed by atoms with Crippen molar-refractivity contribution in [2.45, 2.75) is 45.6 Å². The molecular weight excluding hydrogens is 332 g/mol. The van der Waals surface area contributed by atoms with Gasteiger partial charge in [-0.25, -0.2) is 0 Å². The summed E-state index contributed by atoms with van der Waals surface area (Å²) < 4.78 is 16.2. The monoisotopic (exact) mass is 356 g/mol. The van der Waals surface area contributed by atoms with Crippen LogP contribution in [0.2, 0.25) is 0 Å². The summed E-state index contributed by atoms with van der Waals surface area (Å²) in [4.78, 5) is 24.3. The van der Waals surface area contributed by atoms with Gasteiger partial charge in [0.1, 0.15) is 12.7 Å². The van der Waals surface area contributed by atoms with Gasteiger partial charge in [0.05, 0.1) is 17.9 Å². The molecule has 4 atom stereocenters. The van der Waals surface area contributed by atoms with Gasteiger partial charge in [0, 0.05) is 24.8 Å². The fraction of sp³-hybridized carbons (Fsp3) is 0.524. The molecule has 0 amide bonds. The third-order valence-corrected chi connectivity index (χ3v) is 6.28. The van der Waals surface area contributed by atoms with Crippen molar-refractivity contribution in [2.24, 2.45) is 17.3 Å². The Labute approximate surface area is 153 Å². The Kier molecular flexibility index (Phi) is 4.25. The van der Waals surface area contributed by atoms with Gasteiger partial charge in [-0.05, 0) is 42.4 Å². The topological polar surface area (TPSA) is 65.7 Å². The number of hydrogen-bond acceptors (Lipinski definition) is 5. The molecule has 1 aromatic rings. The molecule has 1 fully saturated rings. The lowest BCUT2D eigenvalue weighted by Crippen LogP contribution is -2.45. The molecule has 2 aliphatic carbocycles. The van der Waals surface area contributed by atoms with Gasteiger partial charge in [-0.2, -0.15) is 0 Å². The van der Waals surface area contributed by atoms with E-state index in [1.165, 1.54) is 12.5 Å². The molecule has 138 valence electrons. The van der Waals surface area contributed by atoms with E-state index in [0.29, 0.717) is 6.42 Å². The minimum absolute atomic E-state index is 0.0967. The Balaban J connectivity index is 1.65. The Bertz CT molecular complexity index is 772. The zero-order chi connectivity index (χ0) is 18.3. The molecule has 0 saturated carbocycles. The molecule has 4 rings (SSSR count). The molecule has 0 radical (unpaired) electrons. The highest BCUT2D eigenvalue weighted by atomic mass is 16.6. The van der Waals surface area contributed by atoms with Gasteiger partial charge in [0.2, 0.25) is 0 Å². The minimum Gasteiger partial charge on any atom is -0.472 e. The highest BCUT2D eigenvalue weighted by Crippen LogP contribution is 2.59. The number of furan rings is 1. The van der Waals surface area contributed by atoms with Crippen LogP contribution in [0.3, 0.4) is 0 Å². The Morgan fingerprint density at radius 3 is 2.96 bits per heavy atom. The number of carbonyl (C=O) groups is 2. The second kappa shape index (κ2) is 6.45. The highest BCUT2D eigenvalue weighted by Gasteiger charge is 2.59. The van der Waals surface area contributed by atoms with E-state index in [9.17, 15) is 9.59 Å². The number of carbonyl (C=O) groups excluding carboxylic acids is 2. The molecule has 2 heterocycles. The fourth-order valence-corrected chi connectivity index (χ4v) is 4.91. The van der Waals surface area contributed by atoms with Crippen molar-refractivity contribution in [3.63, 3.8) is 0 Å². The molecule has 1 spiro atoms. The van der Waals surface area contributed by atoms with Crippen molar-refractivity contribution >= 4 is 11.9 Å². The van der Waals surface area contributed by atoms with E-state index in [0.717, 1.165) is 30.4 Å². The van der Waals surface area contributed by atoms with Gasteiger partial charge in [-0.3, -0.25) is 9.59 Å². The third-order valence-electron chi connectivity index (χ3n) is 6.28. The van der Waals surface area contributed by atoms with Crippen LogP contribution < -0.4 is 0 Å². The first-order valence-corrected chi connectivity index (χ1v) is 9.28. The zero-order valence-electron chi connectivity index (χ0n) is 15.2. The summed E-state index contributed by atoms with van der Waals surface area (Å²) in [6, 6.07) is 1.87. The lowest BCUT2D eigenvalue weighted by molar-refractivity contribution is -0.154. The molecule has 26 heavy (non-hydrogen) atoms. The molecule has 1 aliphatic heterocycles. The standard InChI is InChI=1S/C21H24O5/c1-13-6-7-17-15(12-25-14(2)22)4-3-5-18(17)21(13)10-19(26-20(21)23)16-8-9-24-11-16/h4,7-9,11,13,18-19H,3,5-6,10,12H2,1-2H3/t13-,18+,19+,21-/m1/s1. The number of cyclic esters (lactones) is 1. The number of rotatable bonds is 3. The number of esters is 2. The predicted molar refractivity (Wildman–Crippen MR) is 93.9 cm³/mol. The van der Waals surface area contributed by atoms with E-state index in [1.54, 1.807) is 12.5 Å². The van der Waals surface area contributed by atoms with Gasteiger partial charge in [0.25, 0.3) is 0 Å². The molecule has 1 saturated heterocycles. The van der Waals surface area contributed by atoms with E-state index in [-0.39, 0.29) is 36.5 Å². The highest BCUT2D eigenvalue weighted by molar-refractivity contribution is 5.81. The van der Waals surface area contributed by atoms with Crippen molar-refractivity contribution in [1.82, 2.24) is 0 Å². The summed E-state index contributed by atoms with van der Waals surface area (Å²) in [6.07, 6.45) is 10.7. The van der Waals surface area contributed by atoms with Crippen molar-refractivity contribution in [1.29, 1.82) is 0 Å². The summed E-state index contributed by atoms with van der Waals surface area (Å²) in [7, 11) is 0. The van der Waals surface area contributed by atoms with E-state index in [1.807, 2.05) is 6.07 Å². The molecule has 0 aromatic carbocycles. The summed E-state index contributed by atoms with van der Waals surface area (Å²) in [5, 5.41) is 0. The molecule has 0 bridgehead atoms. The van der Waals surface area contributed by atoms with E-state index in [2.05, 4.69) is 19.1 Å². The maximum atomic E-state index is 13.1. The number of hydrogen-bond donors (Lipinski definition) is 0. The second-order valence-corrected chi connectivity index (χ2v) is 7.63. The normalized spacial score (nSPS) is 33.3. The molecule has 5 nitrogen and oxygen atoms in total. The second-order valence-electron chi connectivity index (χ2n) is 7.63. The Morgan fingerprint density at radius 2 is 2.23 bits per heavy atom. The largest absolute Gasteiger partial charge is 0.472 e. The number of ether oxygens (including phenoxy) is 2. The van der Waals surface area contributed by atoms with Crippen LogP contribution in [0.1, 0.15) is 51.2 Å². The average Bonchev–Trinajstić information content (AvgIpc) is 3.25. The lowest BCUT2D eigenvalue weighted by Gasteiger charge is -2.45. The van der Waals surface area contributed by atoms with Crippen LogP contribution in [0, 0.1) is 17.3 Å². The first-order valence-electron chi connectivity index (χ1n) is 9.28. The van der Waals surface area contributed by atoms with E-state index in [4.69, 9.17) is 13.9 Å². The molecule has 0 N–H and O–H groups in total. The van der Waals surface area contributed by atoms with Crippen LogP contribution in [0.25, 0.3) is 0 Å². The number of allylic oxidation sites excluding steroid dienone is 2. The number of fused-ring (bicyclic) bond motifs is 2. The molecular formula is C21H24O5. The first kappa shape index (κ1) is 17.1. The van der Waals surface area contributed by atoms with Crippen LogP contribution in [-0.2, 0) is 19.1 Å². The zero-order valence-corrected chi connectivity index (χ0v) is 15.2. The van der Waals surface area contributed by atoms with Gasteiger partial charge in [-0.15, -0.1) is 0 Å². The lowest BCUT2D eigenvalue weighted by atomic mass is 9.56. The van der Waals surface area contributed by atoms with Crippen molar-refractivity contribution < 1.29 is 23.5 Å². The SMILES string of the molecule is CC(=O)OCC1=CCC[C@H]2C1=CC[C@@H](C)[C@]21C[C@@H](c2ccoc2)OC1=O. The minimum atomic E-state index is -0.512. The maximum Gasteiger partial charge on any atom is 0.313 e. The van der Waals surface area contributed by atoms with Gasteiger partial charge < -0.3 is 13.9 Å². The van der Waals surface area contributed by atoms with Crippen LogP contribution >= 0.6 is 0 Å². The van der Waals surface area contributed by atoms with Gasteiger partial charge in [-0.1, -0.05) is 19.1 Å². The summed E-state index contributed by atoms with van der Waals surface area (Å²) in [6.45, 7) is 3.85. The summed E-state index contributed by atoms with van der Waals surface area (Å²) in [5.41, 5.74) is 2.62. The van der Waals surface area contributed by atoms with Crippen LogP contribution in [0.15, 0.2) is 46.3 Å². The Morgan fingerprint density at radius 1 is 1.38 bits per heavy atom. The van der Waals surface area contributed by atoms with E-state index < -0.39 is 5.41 Å². The van der Waals surface area contributed by atoms with E-state index >= 15 is 0 Å². The molecule has 0 unspecified atom stereocenters. The summed E-state index contributed by atoms with van der Waals surface area (Å²) in [5.74, 6) is -0.0479. The molecule has 1 aromatic heterocycles. The van der Waals surface area contributed by atoms with Crippen LogP contribution in [0.5, 0.6) is 0 Å². The third kappa shape index (κ3) is 2.61. The van der Waals surface area contributed by atoms with Gasteiger partial charge >= 0.3 is 11.9 Å². The Hall–Kier alpha value is -2.30. The smallest absolute Gasteiger partial charge is 0.313 e.